The Labute approximate surface area is 209 Å². The van der Waals surface area contributed by atoms with E-state index in [9.17, 15) is 13.2 Å². The number of nitrogens with zero attached hydrogens (tertiary/aromatic N) is 2. The summed E-state index contributed by atoms with van der Waals surface area (Å²) in [5.74, 6) is 0. The van der Waals surface area contributed by atoms with E-state index in [-0.39, 0.29) is 6.04 Å². The topological polar surface area (TPSA) is 56.6 Å². The molecule has 0 amide bonds. The van der Waals surface area contributed by atoms with Crippen molar-refractivity contribution in [2.75, 3.05) is 48.3 Å². The standard InChI is InChI=1S/C26H34F3N5S/c1-17-4-2-3-10-34(17)20-5-6-21-23(16-20)35-24-15-18(26(27,28)29)14-22(25(24)32-21)31-19-7-11-33(12-8-19)13-9-30/h5-6,14-17,19,31-32H,2-4,7-13,30H2,1H3. The summed E-state index contributed by atoms with van der Waals surface area (Å²) in [6.45, 7) is 6.55. The molecule has 3 heterocycles. The van der Waals surface area contributed by atoms with Crippen molar-refractivity contribution >= 4 is 34.5 Å². The van der Waals surface area contributed by atoms with Gasteiger partial charge in [-0.25, -0.2) is 0 Å². The predicted molar refractivity (Wildman–Crippen MR) is 138 cm³/mol. The zero-order valence-electron chi connectivity index (χ0n) is 20.1. The van der Waals surface area contributed by atoms with Gasteiger partial charge in [-0.3, -0.25) is 0 Å². The number of benzene rings is 2. The fourth-order valence-corrected chi connectivity index (χ4v) is 6.51. The van der Waals surface area contributed by atoms with Gasteiger partial charge < -0.3 is 26.2 Å². The van der Waals surface area contributed by atoms with E-state index in [1.165, 1.54) is 43.2 Å². The van der Waals surface area contributed by atoms with E-state index in [1.807, 2.05) is 0 Å². The van der Waals surface area contributed by atoms with Crippen LogP contribution < -0.4 is 21.3 Å². The van der Waals surface area contributed by atoms with E-state index in [0.717, 1.165) is 61.0 Å². The molecule has 2 aromatic rings. The van der Waals surface area contributed by atoms with Crippen molar-refractivity contribution in [2.45, 2.75) is 67.1 Å². The summed E-state index contributed by atoms with van der Waals surface area (Å²) in [5.41, 5.74) is 8.40. The van der Waals surface area contributed by atoms with Gasteiger partial charge >= 0.3 is 6.18 Å². The Hall–Kier alpha value is -2.10. The molecule has 0 saturated carbocycles. The van der Waals surface area contributed by atoms with E-state index < -0.39 is 11.7 Å². The molecule has 0 bridgehead atoms. The minimum Gasteiger partial charge on any atom is -0.380 e. The smallest absolute Gasteiger partial charge is 0.380 e. The molecule has 35 heavy (non-hydrogen) atoms. The summed E-state index contributed by atoms with van der Waals surface area (Å²) in [4.78, 5) is 6.30. The number of piperidine rings is 2. The molecule has 190 valence electrons. The first-order chi connectivity index (χ1) is 16.8. The molecule has 2 aromatic carbocycles. The van der Waals surface area contributed by atoms with Crippen LogP contribution >= 0.6 is 11.8 Å². The molecule has 3 aliphatic rings. The molecule has 9 heteroatoms. The van der Waals surface area contributed by atoms with E-state index >= 15 is 0 Å². The minimum atomic E-state index is -4.40. The molecule has 3 aliphatic heterocycles. The number of fused-ring (bicyclic) bond motifs is 2. The molecular formula is C26H34F3N5S. The number of nitrogens with two attached hydrogens (primary N) is 1. The Morgan fingerprint density at radius 1 is 1.06 bits per heavy atom. The Balaban J connectivity index is 1.41. The highest BCUT2D eigenvalue weighted by atomic mass is 32.2. The first-order valence-corrected chi connectivity index (χ1v) is 13.4. The number of halogens is 3. The highest BCUT2D eigenvalue weighted by Gasteiger charge is 2.34. The Bertz CT molecular complexity index is 1050. The summed E-state index contributed by atoms with van der Waals surface area (Å²) in [6.07, 6.45) is 0.944. The zero-order valence-corrected chi connectivity index (χ0v) is 20.9. The Morgan fingerprint density at radius 3 is 2.57 bits per heavy atom. The van der Waals surface area contributed by atoms with Crippen molar-refractivity contribution in [2.24, 2.45) is 5.73 Å². The van der Waals surface area contributed by atoms with E-state index in [4.69, 9.17) is 5.73 Å². The molecule has 0 spiro atoms. The fraction of sp³-hybridized carbons (Fsp3) is 0.538. The molecule has 2 saturated heterocycles. The lowest BCUT2D eigenvalue weighted by atomic mass is 10.0. The number of alkyl halides is 3. The van der Waals surface area contributed by atoms with Gasteiger partial charge in [0.25, 0.3) is 0 Å². The van der Waals surface area contributed by atoms with Crippen molar-refractivity contribution in [3.8, 4) is 0 Å². The van der Waals surface area contributed by atoms with Crippen LogP contribution in [0.2, 0.25) is 0 Å². The van der Waals surface area contributed by atoms with Crippen molar-refractivity contribution < 1.29 is 13.2 Å². The Kier molecular flexibility index (Phi) is 7.10. The lowest BCUT2D eigenvalue weighted by molar-refractivity contribution is -0.137. The summed E-state index contributed by atoms with van der Waals surface area (Å²) in [7, 11) is 0. The molecule has 5 nitrogen and oxygen atoms in total. The number of rotatable bonds is 5. The molecule has 0 aromatic heterocycles. The number of hydrogen-bond acceptors (Lipinski definition) is 6. The molecule has 2 fully saturated rings. The van der Waals surface area contributed by atoms with Crippen LogP contribution in [0.3, 0.4) is 0 Å². The van der Waals surface area contributed by atoms with Gasteiger partial charge in [0.05, 0.1) is 22.6 Å². The van der Waals surface area contributed by atoms with E-state index in [1.54, 1.807) is 0 Å². The molecule has 1 unspecified atom stereocenters. The lowest BCUT2D eigenvalue weighted by Gasteiger charge is -2.36. The molecule has 1 atom stereocenters. The molecule has 4 N–H and O–H groups in total. The quantitative estimate of drug-likeness (QED) is 0.388. The zero-order chi connectivity index (χ0) is 24.6. The summed E-state index contributed by atoms with van der Waals surface area (Å²) in [6, 6.07) is 9.46. The normalized spacial score (nSPS) is 21.3. The van der Waals surface area contributed by atoms with Gasteiger partial charge in [-0.2, -0.15) is 13.2 Å². The van der Waals surface area contributed by atoms with Crippen LogP contribution in [0.25, 0.3) is 0 Å². The largest absolute Gasteiger partial charge is 0.416 e. The van der Waals surface area contributed by atoms with Crippen molar-refractivity contribution in [1.29, 1.82) is 0 Å². The van der Waals surface area contributed by atoms with Crippen LogP contribution in [0.5, 0.6) is 0 Å². The number of nitrogens with one attached hydrogen (secondary N) is 2. The molecule has 5 rings (SSSR count). The van der Waals surface area contributed by atoms with Crippen molar-refractivity contribution in [3.63, 3.8) is 0 Å². The fourth-order valence-electron chi connectivity index (χ4n) is 5.42. The lowest BCUT2D eigenvalue weighted by Crippen LogP contribution is -2.41. The van der Waals surface area contributed by atoms with Gasteiger partial charge in [-0.1, -0.05) is 11.8 Å². The summed E-state index contributed by atoms with van der Waals surface area (Å²) in [5, 5.41) is 6.89. The predicted octanol–water partition coefficient (Wildman–Crippen LogP) is 6.13. The average molecular weight is 506 g/mol. The third kappa shape index (κ3) is 5.37. The third-order valence-corrected chi connectivity index (χ3v) is 8.50. The Morgan fingerprint density at radius 2 is 1.86 bits per heavy atom. The summed E-state index contributed by atoms with van der Waals surface area (Å²) >= 11 is 1.42. The number of hydrogen-bond donors (Lipinski definition) is 3. The second kappa shape index (κ2) is 10.1. The van der Waals surface area contributed by atoms with Gasteiger partial charge in [0, 0.05) is 60.3 Å². The van der Waals surface area contributed by atoms with E-state index in [2.05, 4.69) is 45.6 Å². The first-order valence-electron chi connectivity index (χ1n) is 12.6. The maximum atomic E-state index is 13.8. The second-order valence-electron chi connectivity index (χ2n) is 9.89. The molecular weight excluding hydrogens is 471 g/mol. The highest BCUT2D eigenvalue weighted by Crippen LogP contribution is 2.50. The number of likely N-dealkylation sites (tertiary alicyclic amines) is 1. The van der Waals surface area contributed by atoms with Crippen molar-refractivity contribution in [1.82, 2.24) is 4.90 Å². The second-order valence-corrected chi connectivity index (χ2v) is 11.0. The minimum absolute atomic E-state index is 0.132. The van der Waals surface area contributed by atoms with Crippen LogP contribution in [0.4, 0.5) is 35.9 Å². The maximum absolute atomic E-state index is 13.8. The van der Waals surface area contributed by atoms with Crippen LogP contribution in [0.1, 0.15) is 44.6 Å². The van der Waals surface area contributed by atoms with Gasteiger partial charge in [0.15, 0.2) is 0 Å². The van der Waals surface area contributed by atoms with Gasteiger partial charge in [-0.05, 0) is 69.4 Å². The van der Waals surface area contributed by atoms with Gasteiger partial charge in [0.1, 0.15) is 0 Å². The SMILES string of the molecule is CC1CCCCN1c1ccc2c(c1)Sc1cc(C(F)(F)F)cc(NC3CCN(CCN)CC3)c1N2. The summed E-state index contributed by atoms with van der Waals surface area (Å²) < 4.78 is 41.4. The number of anilines is 4. The average Bonchev–Trinajstić information content (AvgIpc) is 2.83. The van der Waals surface area contributed by atoms with Gasteiger partial charge in [0.2, 0.25) is 0 Å². The molecule has 0 aliphatic carbocycles. The van der Waals surface area contributed by atoms with Crippen LogP contribution in [0, 0.1) is 0 Å². The van der Waals surface area contributed by atoms with Crippen molar-refractivity contribution in [3.05, 3.63) is 35.9 Å². The highest BCUT2D eigenvalue weighted by molar-refractivity contribution is 7.99. The molecule has 0 radical (unpaired) electrons. The van der Waals surface area contributed by atoms with Crippen LogP contribution in [-0.4, -0.2) is 49.7 Å². The maximum Gasteiger partial charge on any atom is 0.416 e. The van der Waals surface area contributed by atoms with E-state index in [0.29, 0.717) is 23.2 Å². The monoisotopic (exact) mass is 505 g/mol. The third-order valence-electron chi connectivity index (χ3n) is 7.40. The van der Waals surface area contributed by atoms with Gasteiger partial charge in [-0.15, -0.1) is 0 Å². The first kappa shape index (κ1) is 24.6. The van der Waals surface area contributed by atoms with Crippen LogP contribution in [0.15, 0.2) is 40.1 Å². The van der Waals surface area contributed by atoms with Crippen LogP contribution in [-0.2, 0) is 6.18 Å².